The third-order valence-electron chi connectivity index (χ3n) is 7.76. The SMILES string of the molecule is C=O.CCN(CC)N(C(=O)NCc1ccccc1)C1CN(Cc2ccc(Cl)c3cccnc23)C(=O)[C@H](Cc2ccc(O)cc2)N1. The lowest BCUT2D eigenvalue weighted by molar-refractivity contribution is -0.143. The average molecular weight is 631 g/mol. The van der Waals surface area contributed by atoms with Crippen LogP contribution in [0.15, 0.2) is 85.1 Å². The maximum Gasteiger partial charge on any atom is 0.333 e. The Kier molecular flexibility index (Phi) is 11.9. The van der Waals surface area contributed by atoms with E-state index in [1.54, 1.807) is 28.2 Å². The minimum atomic E-state index is -0.602. The lowest BCUT2D eigenvalue weighted by atomic mass is 10.0. The van der Waals surface area contributed by atoms with E-state index >= 15 is 0 Å². The quantitative estimate of drug-likeness (QED) is 0.217. The van der Waals surface area contributed by atoms with Crippen LogP contribution in [-0.4, -0.2) is 75.6 Å². The van der Waals surface area contributed by atoms with Crippen molar-refractivity contribution in [1.29, 1.82) is 0 Å². The molecule has 1 aromatic heterocycles. The number of hydrogen-bond donors (Lipinski definition) is 3. The summed E-state index contributed by atoms with van der Waals surface area (Å²) in [5.74, 6) is 0.0867. The highest BCUT2D eigenvalue weighted by atomic mass is 35.5. The van der Waals surface area contributed by atoms with Gasteiger partial charge in [-0.3, -0.25) is 15.1 Å². The summed E-state index contributed by atoms with van der Waals surface area (Å²) >= 11 is 6.46. The molecule has 1 aliphatic heterocycles. The van der Waals surface area contributed by atoms with Gasteiger partial charge in [-0.1, -0.05) is 74.0 Å². The van der Waals surface area contributed by atoms with E-state index in [2.05, 4.69) is 15.6 Å². The lowest BCUT2D eigenvalue weighted by Crippen LogP contribution is -2.70. The second-order valence-corrected chi connectivity index (χ2v) is 11.0. The number of fused-ring (bicyclic) bond motifs is 1. The van der Waals surface area contributed by atoms with Gasteiger partial charge in [0.15, 0.2) is 0 Å². The number of piperazine rings is 1. The number of carbonyl (C=O) groups excluding carboxylic acids is 3. The average Bonchev–Trinajstić information content (AvgIpc) is 3.08. The van der Waals surface area contributed by atoms with Gasteiger partial charge in [-0.15, -0.1) is 0 Å². The van der Waals surface area contributed by atoms with Crippen molar-refractivity contribution in [3.05, 3.63) is 107 Å². The fourth-order valence-corrected chi connectivity index (χ4v) is 5.77. The number of aromatic nitrogens is 1. The van der Waals surface area contributed by atoms with Gasteiger partial charge in [0.25, 0.3) is 0 Å². The Morgan fingerprint density at radius 3 is 2.42 bits per heavy atom. The molecule has 0 spiro atoms. The largest absolute Gasteiger partial charge is 0.508 e. The zero-order chi connectivity index (χ0) is 32.3. The molecule has 11 heteroatoms. The molecule has 3 N–H and O–H groups in total. The van der Waals surface area contributed by atoms with E-state index in [1.165, 1.54) is 0 Å². The second-order valence-electron chi connectivity index (χ2n) is 10.6. The van der Waals surface area contributed by atoms with Gasteiger partial charge >= 0.3 is 6.03 Å². The zero-order valence-corrected chi connectivity index (χ0v) is 26.3. The van der Waals surface area contributed by atoms with Crippen molar-refractivity contribution in [1.82, 2.24) is 30.5 Å². The van der Waals surface area contributed by atoms with Gasteiger partial charge in [0.1, 0.15) is 18.7 Å². The number of amides is 3. The number of hydrogen-bond acceptors (Lipinski definition) is 7. The van der Waals surface area contributed by atoms with Crippen LogP contribution < -0.4 is 10.6 Å². The minimum Gasteiger partial charge on any atom is -0.508 e. The van der Waals surface area contributed by atoms with Crippen LogP contribution in [0.5, 0.6) is 5.75 Å². The van der Waals surface area contributed by atoms with E-state index in [9.17, 15) is 14.7 Å². The molecule has 1 fully saturated rings. The van der Waals surface area contributed by atoms with Gasteiger partial charge in [0.05, 0.1) is 18.1 Å². The monoisotopic (exact) mass is 630 g/mol. The lowest BCUT2D eigenvalue weighted by Gasteiger charge is -2.46. The van der Waals surface area contributed by atoms with E-state index in [0.29, 0.717) is 37.6 Å². The molecule has 236 valence electrons. The highest BCUT2D eigenvalue weighted by Crippen LogP contribution is 2.27. The third kappa shape index (κ3) is 8.16. The van der Waals surface area contributed by atoms with Crippen LogP contribution in [0.4, 0.5) is 4.79 Å². The van der Waals surface area contributed by atoms with E-state index in [-0.39, 0.29) is 24.2 Å². The Hall–Kier alpha value is -4.51. The van der Waals surface area contributed by atoms with Crippen molar-refractivity contribution in [2.75, 3.05) is 19.6 Å². The summed E-state index contributed by atoms with van der Waals surface area (Å²) in [5.41, 5.74) is 3.51. The van der Waals surface area contributed by atoms with Crippen LogP contribution in [0.25, 0.3) is 10.9 Å². The molecule has 0 aliphatic carbocycles. The summed E-state index contributed by atoms with van der Waals surface area (Å²) in [5, 5.41) is 21.5. The molecule has 0 radical (unpaired) electrons. The number of carbonyl (C=O) groups is 3. The number of phenolic OH excluding ortho intramolecular Hbond substituents is 1. The first kappa shape index (κ1) is 33.4. The molecule has 2 heterocycles. The Labute approximate surface area is 268 Å². The van der Waals surface area contributed by atoms with E-state index in [4.69, 9.17) is 16.4 Å². The number of nitrogens with zero attached hydrogens (tertiary/aromatic N) is 4. The predicted octanol–water partition coefficient (Wildman–Crippen LogP) is 4.75. The number of rotatable bonds is 10. The molecule has 4 aromatic rings. The summed E-state index contributed by atoms with van der Waals surface area (Å²) in [6.45, 7) is 8.19. The van der Waals surface area contributed by atoms with Crippen molar-refractivity contribution in [3.8, 4) is 5.75 Å². The van der Waals surface area contributed by atoms with Gasteiger partial charge in [-0.2, -0.15) is 0 Å². The number of urea groups is 1. The highest BCUT2D eigenvalue weighted by molar-refractivity contribution is 6.35. The first-order valence-corrected chi connectivity index (χ1v) is 15.2. The number of hydrazine groups is 1. The van der Waals surface area contributed by atoms with E-state index < -0.39 is 12.2 Å². The van der Waals surface area contributed by atoms with Crippen LogP contribution in [-0.2, 0) is 29.1 Å². The fourth-order valence-electron chi connectivity index (χ4n) is 5.56. The Morgan fingerprint density at radius 2 is 1.73 bits per heavy atom. The highest BCUT2D eigenvalue weighted by Gasteiger charge is 2.40. The molecule has 5 rings (SSSR count). The Bertz CT molecular complexity index is 1570. The van der Waals surface area contributed by atoms with Crippen LogP contribution in [0.1, 0.15) is 30.5 Å². The van der Waals surface area contributed by atoms with Crippen molar-refractivity contribution < 1.29 is 19.5 Å². The van der Waals surface area contributed by atoms with Gasteiger partial charge in [-0.05, 0) is 53.4 Å². The van der Waals surface area contributed by atoms with Crippen LogP contribution in [0, 0.1) is 0 Å². The normalized spacial score (nSPS) is 16.3. The molecule has 3 aromatic carbocycles. The van der Waals surface area contributed by atoms with Gasteiger partial charge in [0, 0.05) is 42.8 Å². The second kappa shape index (κ2) is 16.0. The first-order valence-electron chi connectivity index (χ1n) is 14.9. The van der Waals surface area contributed by atoms with Crippen molar-refractivity contribution in [2.45, 2.75) is 45.6 Å². The van der Waals surface area contributed by atoms with Gasteiger partial charge in [-0.25, -0.2) is 14.8 Å². The molecule has 3 amide bonds. The van der Waals surface area contributed by atoms with E-state index in [1.807, 2.05) is 92.4 Å². The molecule has 0 saturated carbocycles. The molecule has 2 atom stereocenters. The molecular formula is C34H39ClN6O4. The number of aromatic hydroxyl groups is 1. The van der Waals surface area contributed by atoms with Gasteiger partial charge < -0.3 is 20.1 Å². The summed E-state index contributed by atoms with van der Waals surface area (Å²) < 4.78 is 0. The molecule has 1 aliphatic rings. The zero-order valence-electron chi connectivity index (χ0n) is 25.5. The molecule has 0 bridgehead atoms. The molecular weight excluding hydrogens is 592 g/mol. The maximum atomic E-state index is 14.0. The van der Waals surface area contributed by atoms with E-state index in [0.717, 1.165) is 27.6 Å². The predicted molar refractivity (Wildman–Crippen MR) is 175 cm³/mol. The maximum absolute atomic E-state index is 14.0. The number of phenols is 1. The fraction of sp³-hybridized carbons (Fsp3) is 0.294. The van der Waals surface area contributed by atoms with Crippen LogP contribution in [0.2, 0.25) is 5.02 Å². The van der Waals surface area contributed by atoms with Crippen molar-refractivity contribution in [3.63, 3.8) is 0 Å². The van der Waals surface area contributed by atoms with Crippen LogP contribution in [0.3, 0.4) is 0 Å². The molecule has 10 nitrogen and oxygen atoms in total. The summed E-state index contributed by atoms with van der Waals surface area (Å²) in [4.78, 5) is 42.2. The van der Waals surface area contributed by atoms with Crippen LogP contribution >= 0.6 is 11.6 Å². The summed E-state index contributed by atoms with van der Waals surface area (Å²) in [7, 11) is 0. The first-order chi connectivity index (χ1) is 21.9. The Morgan fingerprint density at radius 1 is 1.02 bits per heavy atom. The topological polar surface area (TPSA) is 118 Å². The molecule has 45 heavy (non-hydrogen) atoms. The summed E-state index contributed by atoms with van der Waals surface area (Å²) in [6.07, 6.45) is 1.61. The minimum absolute atomic E-state index is 0.0763. The third-order valence-corrected chi connectivity index (χ3v) is 8.09. The number of nitrogens with one attached hydrogen (secondary N) is 2. The number of pyridine rings is 1. The summed E-state index contributed by atoms with van der Waals surface area (Å²) in [6, 6.07) is 23.3. The number of benzene rings is 3. The molecule has 1 unspecified atom stereocenters. The number of halogens is 1. The molecule has 1 saturated heterocycles. The Balaban J connectivity index is 0.00000226. The smallest absolute Gasteiger partial charge is 0.333 e. The van der Waals surface area contributed by atoms with Gasteiger partial charge in [0.2, 0.25) is 5.91 Å². The standard InChI is InChI=1S/C33H37ClN6O3.CH2O/c1-3-39(4-2)40(33(43)36-20-24-9-6-5-7-10-24)30-22-38(21-25-14-17-28(34)27-11-8-18-35-31(25)27)32(42)29(37-30)19-23-12-15-26(41)16-13-23;1-2/h5-18,29-30,37,41H,3-4,19-22H2,1-2H3,(H,36,43);1H2/t29-,30?;/m0./s1. The van der Waals surface area contributed by atoms with Crippen molar-refractivity contribution >= 4 is 41.2 Å². The van der Waals surface area contributed by atoms with Crippen molar-refractivity contribution in [2.24, 2.45) is 0 Å².